The first-order chi connectivity index (χ1) is 11.5. The summed E-state index contributed by atoms with van der Waals surface area (Å²) in [5.41, 5.74) is 2.10. The lowest BCUT2D eigenvalue weighted by atomic mass is 10.1. The monoisotopic (exact) mass is 331 g/mol. The molecule has 2 N–H and O–H groups in total. The number of nitrogens with zero attached hydrogens (tertiary/aromatic N) is 1. The average molecular weight is 331 g/mol. The molecule has 0 fully saturated rings. The minimum absolute atomic E-state index is 0.0917. The molecule has 1 aromatic carbocycles. The topological polar surface area (TPSA) is 74.4 Å². The second-order valence-electron chi connectivity index (χ2n) is 6.11. The van der Waals surface area contributed by atoms with E-state index in [9.17, 15) is 9.59 Å². The van der Waals surface area contributed by atoms with Gasteiger partial charge in [0, 0.05) is 43.5 Å². The zero-order valence-electron chi connectivity index (χ0n) is 14.5. The highest BCUT2D eigenvalue weighted by molar-refractivity contribution is 5.91. The summed E-state index contributed by atoms with van der Waals surface area (Å²) in [6, 6.07) is 5.66. The average Bonchev–Trinajstić information content (AvgIpc) is 2.93. The van der Waals surface area contributed by atoms with Crippen molar-refractivity contribution in [2.75, 3.05) is 27.2 Å². The second-order valence-corrected chi connectivity index (χ2v) is 6.11. The van der Waals surface area contributed by atoms with Crippen LogP contribution in [0.15, 0.2) is 24.4 Å². The minimum Gasteiger partial charge on any atom is -0.426 e. The molecule has 0 radical (unpaired) electrons. The van der Waals surface area contributed by atoms with Crippen LogP contribution in [-0.2, 0) is 16.0 Å². The number of amides is 1. The number of carbonyl (C=O) groups excluding carboxylic acids is 2. The first kappa shape index (κ1) is 18.0. The summed E-state index contributed by atoms with van der Waals surface area (Å²) < 4.78 is 5.56. The van der Waals surface area contributed by atoms with Gasteiger partial charge in [-0.05, 0) is 44.6 Å². The van der Waals surface area contributed by atoms with Gasteiger partial charge in [-0.2, -0.15) is 0 Å². The van der Waals surface area contributed by atoms with Crippen LogP contribution in [0.2, 0.25) is 0 Å². The summed E-state index contributed by atoms with van der Waals surface area (Å²) in [7, 11) is 4.07. The molecule has 130 valence electrons. The van der Waals surface area contributed by atoms with E-state index in [0.29, 0.717) is 18.7 Å². The molecule has 1 amide bonds. The molecule has 0 aliphatic carbocycles. The van der Waals surface area contributed by atoms with Gasteiger partial charge in [0.2, 0.25) is 5.91 Å². The third kappa shape index (κ3) is 5.09. The molecule has 2 rings (SSSR count). The second kappa shape index (κ2) is 8.49. The van der Waals surface area contributed by atoms with Gasteiger partial charge in [0.05, 0.1) is 0 Å². The van der Waals surface area contributed by atoms with Crippen LogP contribution in [0.25, 0.3) is 10.9 Å². The predicted molar refractivity (Wildman–Crippen MR) is 94.1 cm³/mol. The lowest BCUT2D eigenvalue weighted by Crippen LogP contribution is -2.22. The van der Waals surface area contributed by atoms with Crippen molar-refractivity contribution in [3.05, 3.63) is 30.0 Å². The number of nitrogens with one attached hydrogen (secondary N) is 2. The maximum Gasteiger partial charge on any atom is 0.311 e. The molecule has 6 heteroatoms. The van der Waals surface area contributed by atoms with Gasteiger partial charge >= 0.3 is 5.97 Å². The normalized spacial score (nSPS) is 11.0. The van der Waals surface area contributed by atoms with Crippen molar-refractivity contribution in [2.45, 2.75) is 26.2 Å². The van der Waals surface area contributed by atoms with E-state index in [4.69, 9.17) is 4.74 Å². The molecule has 0 saturated heterocycles. The summed E-state index contributed by atoms with van der Waals surface area (Å²) in [6.07, 6.45) is 3.69. The van der Waals surface area contributed by atoms with Gasteiger partial charge in [-0.15, -0.1) is 0 Å². The lowest BCUT2D eigenvalue weighted by Gasteiger charge is -2.10. The molecule has 2 aromatic rings. The van der Waals surface area contributed by atoms with Crippen molar-refractivity contribution in [1.29, 1.82) is 0 Å². The van der Waals surface area contributed by atoms with E-state index in [0.717, 1.165) is 29.4 Å². The fourth-order valence-corrected chi connectivity index (χ4v) is 2.52. The molecule has 0 unspecified atom stereocenters. The molecular formula is C18H25N3O3. The maximum absolute atomic E-state index is 12.0. The maximum atomic E-state index is 12.0. The molecule has 0 spiro atoms. The van der Waals surface area contributed by atoms with Crippen LogP contribution in [0, 0.1) is 0 Å². The Morgan fingerprint density at radius 3 is 2.79 bits per heavy atom. The smallest absolute Gasteiger partial charge is 0.311 e. The van der Waals surface area contributed by atoms with Crippen LogP contribution < -0.4 is 10.1 Å². The van der Waals surface area contributed by atoms with Crippen molar-refractivity contribution in [3.8, 4) is 5.75 Å². The zero-order chi connectivity index (χ0) is 17.5. The van der Waals surface area contributed by atoms with E-state index in [1.807, 2.05) is 38.5 Å². The Hall–Kier alpha value is -2.34. The zero-order valence-corrected chi connectivity index (χ0v) is 14.5. The standard InChI is InChI=1S/C18H25N3O3/c1-13(22)19-10-5-8-17(23)24-16-7-4-6-15-18(16)14(12-20-15)9-11-21(2)3/h4,6-7,12,20H,5,8-11H2,1-3H3,(H,19,22). The van der Waals surface area contributed by atoms with Gasteiger partial charge in [0.25, 0.3) is 0 Å². The third-order valence-electron chi connectivity index (χ3n) is 3.73. The lowest BCUT2D eigenvalue weighted by molar-refractivity contribution is -0.134. The highest BCUT2D eigenvalue weighted by atomic mass is 16.5. The number of rotatable bonds is 8. The molecule has 1 aromatic heterocycles. The summed E-state index contributed by atoms with van der Waals surface area (Å²) in [5.74, 6) is 0.214. The number of likely N-dealkylation sites (N-methyl/N-ethyl adjacent to an activating group) is 1. The molecule has 0 aliphatic heterocycles. The van der Waals surface area contributed by atoms with Crippen molar-refractivity contribution < 1.29 is 14.3 Å². The van der Waals surface area contributed by atoms with Gasteiger partial charge in [-0.3, -0.25) is 9.59 Å². The highest BCUT2D eigenvalue weighted by Crippen LogP contribution is 2.29. The van der Waals surface area contributed by atoms with Gasteiger partial charge in [0.15, 0.2) is 0 Å². The van der Waals surface area contributed by atoms with Crippen LogP contribution >= 0.6 is 0 Å². The van der Waals surface area contributed by atoms with E-state index < -0.39 is 0 Å². The van der Waals surface area contributed by atoms with Crippen LogP contribution in [0.3, 0.4) is 0 Å². The minimum atomic E-state index is -0.285. The van der Waals surface area contributed by atoms with Crippen LogP contribution in [0.5, 0.6) is 5.75 Å². The number of H-pyrrole nitrogens is 1. The molecule has 24 heavy (non-hydrogen) atoms. The predicted octanol–water partition coefficient (Wildman–Crippen LogP) is 2.09. The number of benzene rings is 1. The molecule has 0 saturated carbocycles. The van der Waals surface area contributed by atoms with Gasteiger partial charge in [-0.25, -0.2) is 0 Å². The first-order valence-electron chi connectivity index (χ1n) is 8.16. The van der Waals surface area contributed by atoms with Crippen LogP contribution in [0.1, 0.15) is 25.3 Å². The molecule has 1 heterocycles. The largest absolute Gasteiger partial charge is 0.426 e. The van der Waals surface area contributed by atoms with Crippen LogP contribution in [0.4, 0.5) is 0 Å². The molecule has 0 bridgehead atoms. The number of aromatic nitrogens is 1. The number of hydrogen-bond acceptors (Lipinski definition) is 4. The third-order valence-corrected chi connectivity index (χ3v) is 3.73. The summed E-state index contributed by atoms with van der Waals surface area (Å²) in [6.45, 7) is 2.86. The Labute approximate surface area is 142 Å². The number of fused-ring (bicyclic) bond motifs is 1. The Kier molecular flexibility index (Phi) is 6.37. The van der Waals surface area contributed by atoms with E-state index >= 15 is 0 Å². The Morgan fingerprint density at radius 2 is 2.08 bits per heavy atom. The van der Waals surface area contributed by atoms with Gasteiger partial charge < -0.3 is 19.9 Å². The quantitative estimate of drug-likeness (QED) is 0.441. The number of hydrogen-bond donors (Lipinski definition) is 2. The fourth-order valence-electron chi connectivity index (χ4n) is 2.52. The van der Waals surface area contributed by atoms with Gasteiger partial charge in [0.1, 0.15) is 5.75 Å². The number of carbonyl (C=O) groups is 2. The summed E-state index contributed by atoms with van der Waals surface area (Å²) >= 11 is 0. The number of esters is 1. The van der Waals surface area contributed by atoms with Crippen molar-refractivity contribution in [1.82, 2.24) is 15.2 Å². The van der Waals surface area contributed by atoms with E-state index in [1.54, 1.807) is 0 Å². The fraction of sp³-hybridized carbons (Fsp3) is 0.444. The van der Waals surface area contributed by atoms with Gasteiger partial charge in [-0.1, -0.05) is 6.07 Å². The highest BCUT2D eigenvalue weighted by Gasteiger charge is 2.13. The van der Waals surface area contributed by atoms with Crippen molar-refractivity contribution >= 4 is 22.8 Å². The van der Waals surface area contributed by atoms with Crippen LogP contribution in [-0.4, -0.2) is 48.9 Å². The number of ether oxygens (including phenoxy) is 1. The summed E-state index contributed by atoms with van der Waals surface area (Å²) in [5, 5.41) is 3.64. The van der Waals surface area contributed by atoms with Crippen molar-refractivity contribution in [3.63, 3.8) is 0 Å². The van der Waals surface area contributed by atoms with Crippen molar-refractivity contribution in [2.24, 2.45) is 0 Å². The molecule has 0 aliphatic rings. The van der Waals surface area contributed by atoms with E-state index in [1.165, 1.54) is 6.92 Å². The first-order valence-corrected chi connectivity index (χ1v) is 8.16. The Balaban J connectivity index is 2.03. The van der Waals surface area contributed by atoms with E-state index in [2.05, 4.69) is 15.2 Å². The Morgan fingerprint density at radius 1 is 1.29 bits per heavy atom. The SMILES string of the molecule is CC(=O)NCCCC(=O)Oc1cccc2[nH]cc(CCN(C)C)c12. The Bertz CT molecular complexity index is 707. The molecular weight excluding hydrogens is 306 g/mol. The molecule has 6 nitrogen and oxygen atoms in total. The number of aromatic amines is 1. The van der Waals surface area contributed by atoms with E-state index in [-0.39, 0.29) is 18.3 Å². The molecule has 0 atom stereocenters. The summed E-state index contributed by atoms with van der Waals surface area (Å²) in [4.78, 5) is 28.2.